The summed E-state index contributed by atoms with van der Waals surface area (Å²) in [6.45, 7) is 1.83. The van der Waals surface area contributed by atoms with Gasteiger partial charge in [-0.3, -0.25) is 4.79 Å². The first kappa shape index (κ1) is 8.94. The number of rotatable bonds is 3. The first-order chi connectivity index (χ1) is 5.70. The lowest BCUT2D eigenvalue weighted by atomic mass is 10.1. The van der Waals surface area contributed by atoms with E-state index in [2.05, 4.69) is 0 Å². The van der Waals surface area contributed by atoms with E-state index in [0.29, 0.717) is 6.42 Å². The van der Waals surface area contributed by atoms with Gasteiger partial charge in [0.05, 0.1) is 0 Å². The van der Waals surface area contributed by atoms with Gasteiger partial charge in [-0.15, -0.1) is 0 Å². The van der Waals surface area contributed by atoms with Crippen molar-refractivity contribution in [1.82, 2.24) is 0 Å². The maximum Gasteiger partial charge on any atom is 0.164 e. The van der Waals surface area contributed by atoms with Crippen molar-refractivity contribution in [3.8, 4) is 0 Å². The lowest BCUT2D eigenvalue weighted by Crippen LogP contribution is -2.19. The van der Waals surface area contributed by atoms with Crippen molar-refractivity contribution in [2.24, 2.45) is 5.73 Å². The zero-order chi connectivity index (χ0) is 8.97. The molecule has 1 atom stereocenters. The second-order valence-electron chi connectivity index (χ2n) is 2.97. The molecular formula is C10H13NO. The van der Waals surface area contributed by atoms with E-state index < -0.39 is 0 Å². The van der Waals surface area contributed by atoms with E-state index in [1.54, 1.807) is 0 Å². The van der Waals surface area contributed by atoms with E-state index in [1.807, 2.05) is 37.3 Å². The molecule has 2 nitrogen and oxygen atoms in total. The number of benzene rings is 1. The maximum absolute atomic E-state index is 11.4. The molecule has 0 unspecified atom stereocenters. The van der Waals surface area contributed by atoms with Gasteiger partial charge in [-0.2, -0.15) is 0 Å². The van der Waals surface area contributed by atoms with Crippen LogP contribution >= 0.6 is 0 Å². The lowest BCUT2D eigenvalue weighted by Gasteiger charge is -2.02. The summed E-state index contributed by atoms with van der Waals surface area (Å²) in [5.41, 5.74) is 6.26. The number of hydrogen-bond acceptors (Lipinski definition) is 2. The molecule has 0 heterocycles. The Morgan fingerprint density at radius 3 is 2.50 bits per heavy atom. The molecule has 0 bridgehead atoms. The fourth-order valence-corrected chi connectivity index (χ4v) is 1.03. The van der Waals surface area contributed by atoms with Gasteiger partial charge >= 0.3 is 0 Å². The first-order valence-electron chi connectivity index (χ1n) is 4.04. The monoisotopic (exact) mass is 163 g/mol. The minimum Gasteiger partial charge on any atom is -0.328 e. The predicted molar refractivity (Wildman–Crippen MR) is 49.0 cm³/mol. The average molecular weight is 163 g/mol. The van der Waals surface area contributed by atoms with Gasteiger partial charge in [0.1, 0.15) is 0 Å². The largest absolute Gasteiger partial charge is 0.328 e. The van der Waals surface area contributed by atoms with Crippen LogP contribution in [-0.2, 0) is 0 Å². The standard InChI is InChI=1S/C10H13NO/c1-8(11)7-10(12)9-5-3-2-4-6-9/h2-6,8H,7,11H2,1H3/t8-/m0/s1. The maximum atomic E-state index is 11.4. The van der Waals surface area contributed by atoms with Crippen LogP contribution in [0.2, 0.25) is 0 Å². The predicted octanol–water partition coefficient (Wildman–Crippen LogP) is 1.61. The highest BCUT2D eigenvalue weighted by Gasteiger charge is 2.06. The molecule has 0 amide bonds. The van der Waals surface area contributed by atoms with Gasteiger partial charge in [0.2, 0.25) is 0 Å². The zero-order valence-electron chi connectivity index (χ0n) is 7.16. The van der Waals surface area contributed by atoms with Crippen molar-refractivity contribution < 1.29 is 4.79 Å². The Kier molecular flexibility index (Phi) is 3.00. The number of carbonyl (C=O) groups excluding carboxylic acids is 1. The zero-order valence-corrected chi connectivity index (χ0v) is 7.16. The Labute approximate surface area is 72.4 Å². The van der Waals surface area contributed by atoms with Gasteiger partial charge in [0.25, 0.3) is 0 Å². The summed E-state index contributed by atoms with van der Waals surface area (Å²) in [6.07, 6.45) is 0.421. The van der Waals surface area contributed by atoms with Gasteiger partial charge in [-0.25, -0.2) is 0 Å². The third-order valence-electron chi connectivity index (χ3n) is 1.60. The number of hydrogen-bond donors (Lipinski definition) is 1. The average Bonchev–Trinajstić information content (AvgIpc) is 2.05. The smallest absolute Gasteiger partial charge is 0.164 e. The summed E-state index contributed by atoms with van der Waals surface area (Å²) in [5.74, 6) is 0.116. The van der Waals surface area contributed by atoms with Gasteiger partial charge in [0, 0.05) is 18.0 Å². The molecule has 0 aromatic heterocycles. The molecule has 0 aliphatic carbocycles. The van der Waals surface area contributed by atoms with Crippen LogP contribution in [0.4, 0.5) is 0 Å². The Morgan fingerprint density at radius 1 is 1.42 bits per heavy atom. The van der Waals surface area contributed by atoms with E-state index >= 15 is 0 Å². The number of ketones is 1. The first-order valence-corrected chi connectivity index (χ1v) is 4.04. The molecule has 1 rings (SSSR count). The van der Waals surface area contributed by atoms with E-state index in [-0.39, 0.29) is 11.8 Å². The summed E-state index contributed by atoms with van der Waals surface area (Å²) >= 11 is 0. The molecule has 0 aliphatic rings. The molecule has 0 aliphatic heterocycles. The number of nitrogens with two attached hydrogens (primary N) is 1. The Morgan fingerprint density at radius 2 is 2.00 bits per heavy atom. The summed E-state index contributed by atoms with van der Waals surface area (Å²) in [7, 11) is 0. The summed E-state index contributed by atoms with van der Waals surface area (Å²) < 4.78 is 0. The van der Waals surface area contributed by atoms with E-state index in [9.17, 15) is 4.79 Å². The van der Waals surface area contributed by atoms with E-state index in [4.69, 9.17) is 5.73 Å². The topological polar surface area (TPSA) is 43.1 Å². The van der Waals surface area contributed by atoms with Crippen LogP contribution in [0, 0.1) is 0 Å². The molecular weight excluding hydrogens is 150 g/mol. The second-order valence-corrected chi connectivity index (χ2v) is 2.97. The Bertz CT molecular complexity index is 254. The normalized spacial score (nSPS) is 12.5. The number of Topliss-reactive ketones (excluding diaryl/α,β-unsaturated/α-hetero) is 1. The second kappa shape index (κ2) is 4.02. The van der Waals surface area contributed by atoms with Crippen LogP contribution in [-0.4, -0.2) is 11.8 Å². The fourth-order valence-electron chi connectivity index (χ4n) is 1.03. The molecule has 0 radical (unpaired) electrons. The van der Waals surface area contributed by atoms with Crippen LogP contribution in [0.3, 0.4) is 0 Å². The highest BCUT2D eigenvalue weighted by molar-refractivity contribution is 5.96. The SMILES string of the molecule is C[C@H](N)CC(=O)c1ccccc1. The Balaban J connectivity index is 2.66. The van der Waals surface area contributed by atoms with Crippen molar-refractivity contribution >= 4 is 5.78 Å². The number of carbonyl (C=O) groups is 1. The molecule has 2 heteroatoms. The molecule has 1 aromatic rings. The van der Waals surface area contributed by atoms with Gasteiger partial charge in [0.15, 0.2) is 5.78 Å². The lowest BCUT2D eigenvalue weighted by molar-refractivity contribution is 0.0976. The van der Waals surface area contributed by atoms with Crippen LogP contribution in [0.15, 0.2) is 30.3 Å². The van der Waals surface area contributed by atoms with Crippen molar-refractivity contribution in [3.63, 3.8) is 0 Å². The van der Waals surface area contributed by atoms with E-state index in [1.165, 1.54) is 0 Å². The highest BCUT2D eigenvalue weighted by atomic mass is 16.1. The van der Waals surface area contributed by atoms with Crippen LogP contribution in [0.25, 0.3) is 0 Å². The van der Waals surface area contributed by atoms with Crippen molar-refractivity contribution in [1.29, 1.82) is 0 Å². The van der Waals surface area contributed by atoms with Gasteiger partial charge < -0.3 is 5.73 Å². The summed E-state index contributed by atoms with van der Waals surface area (Å²) in [4.78, 5) is 11.4. The van der Waals surface area contributed by atoms with Gasteiger partial charge in [-0.1, -0.05) is 30.3 Å². The van der Waals surface area contributed by atoms with Crippen LogP contribution < -0.4 is 5.73 Å². The molecule has 0 spiro atoms. The fraction of sp³-hybridized carbons (Fsp3) is 0.300. The van der Waals surface area contributed by atoms with Crippen LogP contribution in [0.1, 0.15) is 23.7 Å². The minimum atomic E-state index is -0.0577. The molecule has 64 valence electrons. The Hall–Kier alpha value is -1.15. The molecule has 1 aromatic carbocycles. The molecule has 0 fully saturated rings. The third kappa shape index (κ3) is 2.47. The molecule has 12 heavy (non-hydrogen) atoms. The van der Waals surface area contributed by atoms with Crippen molar-refractivity contribution in [2.75, 3.05) is 0 Å². The molecule has 0 saturated heterocycles. The summed E-state index contributed by atoms with van der Waals surface area (Å²) in [6, 6.07) is 9.17. The molecule has 0 saturated carbocycles. The van der Waals surface area contributed by atoms with Crippen LogP contribution in [0.5, 0.6) is 0 Å². The van der Waals surface area contributed by atoms with Gasteiger partial charge in [-0.05, 0) is 6.92 Å². The minimum absolute atomic E-state index is 0.0577. The van der Waals surface area contributed by atoms with Crippen molar-refractivity contribution in [2.45, 2.75) is 19.4 Å². The van der Waals surface area contributed by atoms with E-state index in [0.717, 1.165) is 5.56 Å². The quantitative estimate of drug-likeness (QED) is 0.688. The van der Waals surface area contributed by atoms with Crippen molar-refractivity contribution in [3.05, 3.63) is 35.9 Å². The summed E-state index contributed by atoms with van der Waals surface area (Å²) in [5, 5.41) is 0. The third-order valence-corrected chi connectivity index (χ3v) is 1.60. The molecule has 2 N–H and O–H groups in total. The highest BCUT2D eigenvalue weighted by Crippen LogP contribution is 2.03.